The third-order valence-electron chi connectivity index (χ3n) is 3.06. The molecule has 5 heteroatoms. The molecule has 0 amide bonds. The maximum atomic E-state index is 10.9. The van der Waals surface area contributed by atoms with Gasteiger partial charge in [-0.2, -0.15) is 0 Å². The highest BCUT2D eigenvalue weighted by molar-refractivity contribution is 5.67. The van der Waals surface area contributed by atoms with Crippen molar-refractivity contribution in [2.45, 2.75) is 32.5 Å². The average molecular weight is 221 g/mol. The van der Waals surface area contributed by atoms with Crippen LogP contribution in [-0.2, 0) is 6.54 Å². The summed E-state index contributed by atoms with van der Waals surface area (Å²) in [7, 11) is 0. The Kier molecular flexibility index (Phi) is 2.78. The first-order valence-corrected chi connectivity index (χ1v) is 5.36. The normalized spacial score (nSPS) is 24.1. The second kappa shape index (κ2) is 4.09. The number of nitrogens with zero attached hydrogens (tertiary/aromatic N) is 1. The molecule has 0 unspecified atom stereocenters. The standard InChI is InChI=1S/C11H15N3O2/c1-7-8(2)13-11-9(6-12-7)4-3-5-10(11)14(15)16/h3-5,7-8,12-13H,6H2,1-2H3/t7-,8-/m0/s1. The van der Waals surface area contributed by atoms with E-state index in [-0.39, 0.29) is 22.7 Å². The van der Waals surface area contributed by atoms with Crippen molar-refractivity contribution in [3.8, 4) is 0 Å². The van der Waals surface area contributed by atoms with Crippen LogP contribution in [0.5, 0.6) is 0 Å². The molecule has 0 fully saturated rings. The molecule has 1 aliphatic heterocycles. The lowest BCUT2D eigenvalue weighted by atomic mass is 10.1. The largest absolute Gasteiger partial charge is 0.375 e. The number of nitrogens with one attached hydrogen (secondary N) is 2. The van der Waals surface area contributed by atoms with E-state index in [0.29, 0.717) is 12.2 Å². The van der Waals surface area contributed by atoms with Gasteiger partial charge < -0.3 is 10.6 Å². The van der Waals surface area contributed by atoms with Crippen molar-refractivity contribution in [1.82, 2.24) is 5.32 Å². The van der Waals surface area contributed by atoms with Crippen LogP contribution in [0.15, 0.2) is 18.2 Å². The Hall–Kier alpha value is -1.62. The van der Waals surface area contributed by atoms with E-state index in [2.05, 4.69) is 17.6 Å². The molecule has 0 aromatic heterocycles. The topological polar surface area (TPSA) is 67.2 Å². The molecule has 86 valence electrons. The predicted octanol–water partition coefficient (Wildman–Crippen LogP) is 1.89. The van der Waals surface area contributed by atoms with Crippen molar-refractivity contribution in [3.63, 3.8) is 0 Å². The summed E-state index contributed by atoms with van der Waals surface area (Å²) in [5.41, 5.74) is 1.75. The molecule has 0 saturated heterocycles. The minimum atomic E-state index is -0.339. The molecule has 2 N–H and O–H groups in total. The van der Waals surface area contributed by atoms with Gasteiger partial charge in [0.2, 0.25) is 0 Å². The summed E-state index contributed by atoms with van der Waals surface area (Å²) in [5.74, 6) is 0. The maximum absolute atomic E-state index is 10.9. The summed E-state index contributed by atoms with van der Waals surface area (Å²) in [6.07, 6.45) is 0. The lowest BCUT2D eigenvalue weighted by Gasteiger charge is -2.18. The Balaban J connectivity index is 2.46. The smallest absolute Gasteiger partial charge is 0.292 e. The van der Waals surface area contributed by atoms with E-state index in [1.807, 2.05) is 13.0 Å². The van der Waals surface area contributed by atoms with Crippen molar-refractivity contribution in [2.24, 2.45) is 0 Å². The van der Waals surface area contributed by atoms with Gasteiger partial charge in [-0.05, 0) is 19.4 Å². The summed E-state index contributed by atoms with van der Waals surface area (Å²) in [6.45, 7) is 4.74. The number of hydrogen-bond donors (Lipinski definition) is 2. The Bertz CT molecular complexity index is 420. The molecule has 1 heterocycles. The van der Waals surface area contributed by atoms with E-state index in [4.69, 9.17) is 0 Å². The third kappa shape index (κ3) is 1.86. The first-order valence-electron chi connectivity index (χ1n) is 5.36. The molecule has 5 nitrogen and oxygen atoms in total. The van der Waals surface area contributed by atoms with Crippen LogP contribution in [0.3, 0.4) is 0 Å². The van der Waals surface area contributed by atoms with Gasteiger partial charge in [-0.25, -0.2) is 0 Å². The Morgan fingerprint density at radius 2 is 2.12 bits per heavy atom. The quantitative estimate of drug-likeness (QED) is 0.561. The zero-order chi connectivity index (χ0) is 11.7. The summed E-state index contributed by atoms with van der Waals surface area (Å²) < 4.78 is 0. The Morgan fingerprint density at radius 3 is 2.81 bits per heavy atom. The fraction of sp³-hybridized carbons (Fsp3) is 0.455. The SMILES string of the molecule is C[C@@H]1NCc2cccc([N+](=O)[O-])c2N[C@H]1C. The van der Waals surface area contributed by atoms with Gasteiger partial charge in [-0.1, -0.05) is 12.1 Å². The van der Waals surface area contributed by atoms with Gasteiger partial charge in [0.15, 0.2) is 0 Å². The number of nitro groups is 1. The van der Waals surface area contributed by atoms with Gasteiger partial charge in [0, 0.05) is 24.7 Å². The molecule has 0 spiro atoms. The minimum Gasteiger partial charge on any atom is -0.375 e. The monoisotopic (exact) mass is 221 g/mol. The third-order valence-corrected chi connectivity index (χ3v) is 3.06. The predicted molar refractivity (Wildman–Crippen MR) is 62.5 cm³/mol. The first kappa shape index (κ1) is 10.9. The number of nitro benzene ring substituents is 1. The van der Waals surface area contributed by atoms with E-state index in [9.17, 15) is 10.1 Å². The second-order valence-electron chi connectivity index (χ2n) is 4.17. The van der Waals surface area contributed by atoms with E-state index >= 15 is 0 Å². The molecule has 0 bridgehead atoms. The number of fused-ring (bicyclic) bond motifs is 1. The van der Waals surface area contributed by atoms with Crippen LogP contribution in [-0.4, -0.2) is 17.0 Å². The summed E-state index contributed by atoms with van der Waals surface area (Å²) in [5, 5.41) is 17.5. The van der Waals surface area contributed by atoms with Crippen LogP contribution in [0, 0.1) is 10.1 Å². The molecule has 2 atom stereocenters. The highest BCUT2D eigenvalue weighted by Gasteiger charge is 2.24. The molecule has 0 saturated carbocycles. The van der Waals surface area contributed by atoms with Crippen molar-refractivity contribution in [3.05, 3.63) is 33.9 Å². The summed E-state index contributed by atoms with van der Waals surface area (Å²) in [4.78, 5) is 10.6. The van der Waals surface area contributed by atoms with Gasteiger partial charge in [-0.3, -0.25) is 10.1 Å². The molecule has 1 aromatic rings. The second-order valence-corrected chi connectivity index (χ2v) is 4.17. The number of rotatable bonds is 1. The Morgan fingerprint density at radius 1 is 1.38 bits per heavy atom. The van der Waals surface area contributed by atoms with Crippen LogP contribution in [0.25, 0.3) is 0 Å². The van der Waals surface area contributed by atoms with Crippen molar-refractivity contribution < 1.29 is 4.92 Å². The number of anilines is 1. The van der Waals surface area contributed by atoms with Crippen LogP contribution in [0.2, 0.25) is 0 Å². The van der Waals surface area contributed by atoms with Crippen LogP contribution in [0.1, 0.15) is 19.4 Å². The number of hydrogen-bond acceptors (Lipinski definition) is 4. The molecule has 0 aliphatic carbocycles. The lowest BCUT2D eigenvalue weighted by Crippen LogP contribution is -2.37. The highest BCUT2D eigenvalue weighted by atomic mass is 16.6. The lowest BCUT2D eigenvalue weighted by molar-refractivity contribution is -0.384. The molecular weight excluding hydrogens is 206 g/mol. The number of benzene rings is 1. The van der Waals surface area contributed by atoms with Crippen LogP contribution >= 0.6 is 0 Å². The molecule has 2 rings (SSSR count). The van der Waals surface area contributed by atoms with Crippen LogP contribution in [0.4, 0.5) is 11.4 Å². The maximum Gasteiger partial charge on any atom is 0.292 e. The van der Waals surface area contributed by atoms with Gasteiger partial charge in [0.25, 0.3) is 5.69 Å². The van der Waals surface area contributed by atoms with E-state index < -0.39 is 0 Å². The van der Waals surface area contributed by atoms with Gasteiger partial charge in [-0.15, -0.1) is 0 Å². The Labute approximate surface area is 94.0 Å². The summed E-state index contributed by atoms with van der Waals surface area (Å²) in [6, 6.07) is 5.62. The fourth-order valence-electron chi connectivity index (χ4n) is 1.85. The highest BCUT2D eigenvalue weighted by Crippen LogP contribution is 2.30. The summed E-state index contributed by atoms with van der Waals surface area (Å²) >= 11 is 0. The molecule has 1 aliphatic rings. The first-order chi connectivity index (χ1) is 7.59. The number of para-hydroxylation sites is 1. The average Bonchev–Trinajstić information content (AvgIpc) is 2.39. The van der Waals surface area contributed by atoms with Crippen LogP contribution < -0.4 is 10.6 Å². The van der Waals surface area contributed by atoms with E-state index in [1.165, 1.54) is 6.07 Å². The fourth-order valence-corrected chi connectivity index (χ4v) is 1.85. The zero-order valence-electron chi connectivity index (χ0n) is 9.36. The van der Waals surface area contributed by atoms with E-state index in [0.717, 1.165) is 5.56 Å². The minimum absolute atomic E-state index is 0.153. The molecule has 0 radical (unpaired) electrons. The van der Waals surface area contributed by atoms with Gasteiger partial charge >= 0.3 is 0 Å². The molecule has 16 heavy (non-hydrogen) atoms. The molecule has 1 aromatic carbocycles. The van der Waals surface area contributed by atoms with Crippen molar-refractivity contribution in [2.75, 3.05) is 5.32 Å². The van der Waals surface area contributed by atoms with Gasteiger partial charge in [0.1, 0.15) is 5.69 Å². The van der Waals surface area contributed by atoms with Crippen molar-refractivity contribution in [1.29, 1.82) is 0 Å². The molecular formula is C11H15N3O2. The van der Waals surface area contributed by atoms with E-state index in [1.54, 1.807) is 6.07 Å². The zero-order valence-corrected chi connectivity index (χ0v) is 9.36. The van der Waals surface area contributed by atoms with Gasteiger partial charge in [0.05, 0.1) is 4.92 Å². The van der Waals surface area contributed by atoms with Crippen molar-refractivity contribution >= 4 is 11.4 Å².